The summed E-state index contributed by atoms with van der Waals surface area (Å²) >= 11 is 8.53. The second-order valence-electron chi connectivity index (χ2n) is 4.25. The van der Waals surface area contributed by atoms with E-state index in [0.29, 0.717) is 10.5 Å². The van der Waals surface area contributed by atoms with Gasteiger partial charge >= 0.3 is 0 Å². The van der Waals surface area contributed by atoms with Gasteiger partial charge in [0, 0.05) is 28.9 Å². The third-order valence-corrected chi connectivity index (χ3v) is 3.89. The lowest BCUT2D eigenvalue weighted by atomic mass is 10.1. The molecule has 0 atom stereocenters. The van der Waals surface area contributed by atoms with Crippen LogP contribution in [0, 0.1) is 4.77 Å². The fourth-order valence-electron chi connectivity index (χ4n) is 1.96. The number of rotatable bonds is 1. The summed E-state index contributed by atoms with van der Waals surface area (Å²) < 4.78 is 3.00. The highest BCUT2D eigenvalue weighted by molar-refractivity contribution is 9.10. The zero-order valence-electron chi connectivity index (χ0n) is 10.0. The Morgan fingerprint density at radius 1 is 1.47 bits per heavy atom. The maximum absolute atomic E-state index is 9.95. The number of halogens is 1. The number of H-pyrrole nitrogens is 1. The molecule has 1 aliphatic heterocycles. The summed E-state index contributed by atoms with van der Waals surface area (Å²) in [6.07, 6.45) is 3.62. The van der Waals surface area contributed by atoms with Gasteiger partial charge in [0.2, 0.25) is 5.88 Å². The second kappa shape index (κ2) is 4.47. The molecule has 0 radical (unpaired) electrons. The first-order valence-electron chi connectivity index (χ1n) is 5.60. The molecule has 2 N–H and O–H groups in total. The third kappa shape index (κ3) is 2.06. The molecule has 19 heavy (non-hydrogen) atoms. The molecular formula is C13H10BrN3OS. The van der Waals surface area contributed by atoms with E-state index in [1.54, 1.807) is 13.3 Å². The van der Waals surface area contributed by atoms with Crippen molar-refractivity contribution in [1.82, 2.24) is 9.55 Å². The number of allylic oxidation sites excluding steroid dienone is 1. The van der Waals surface area contributed by atoms with E-state index in [-0.39, 0.29) is 5.88 Å². The molecule has 3 rings (SSSR count). The Labute approximate surface area is 123 Å². The highest BCUT2D eigenvalue weighted by Gasteiger charge is 2.14. The number of hydrogen-bond donors (Lipinski definition) is 2. The van der Waals surface area contributed by atoms with Gasteiger partial charge in [-0.2, -0.15) is 0 Å². The minimum atomic E-state index is 0.120. The summed E-state index contributed by atoms with van der Waals surface area (Å²) in [6.45, 7) is 0. The summed E-state index contributed by atoms with van der Waals surface area (Å²) in [7, 11) is 1.71. The van der Waals surface area contributed by atoms with Crippen molar-refractivity contribution in [2.75, 3.05) is 0 Å². The van der Waals surface area contributed by atoms with Crippen LogP contribution in [-0.4, -0.2) is 20.9 Å². The molecule has 1 aromatic heterocycles. The fourth-order valence-corrected chi connectivity index (χ4v) is 2.52. The van der Waals surface area contributed by atoms with Crippen molar-refractivity contribution in [3.63, 3.8) is 0 Å². The smallest absolute Gasteiger partial charge is 0.217 e. The molecule has 96 valence electrons. The number of imidazole rings is 1. The van der Waals surface area contributed by atoms with Gasteiger partial charge in [-0.15, -0.1) is 0 Å². The predicted molar refractivity (Wildman–Crippen MR) is 82.4 cm³/mol. The Morgan fingerprint density at radius 2 is 2.26 bits per heavy atom. The van der Waals surface area contributed by atoms with Gasteiger partial charge < -0.3 is 10.1 Å². The van der Waals surface area contributed by atoms with Crippen molar-refractivity contribution in [1.29, 1.82) is 0 Å². The van der Waals surface area contributed by atoms with Crippen LogP contribution in [0.3, 0.4) is 0 Å². The van der Waals surface area contributed by atoms with Gasteiger partial charge in [-0.05, 0) is 36.5 Å². The Hall–Kier alpha value is -1.66. The highest BCUT2D eigenvalue weighted by atomic mass is 79.9. The Balaban J connectivity index is 2.13. The number of benzene rings is 1. The lowest BCUT2D eigenvalue weighted by Gasteiger charge is -2.00. The number of nitrogens with one attached hydrogen (secondary N) is 1. The standard InChI is InChI=1S/C13H10BrN3OS/c1-17-12(18)11(16-13(17)19)4-7-6-15-10-3-2-8(14)5-9(7)10/h2-6,18H,1H3,(H,16,19). The molecule has 0 unspecified atom stereocenters. The number of hydrogen-bond acceptors (Lipinski definition) is 3. The second-order valence-corrected chi connectivity index (χ2v) is 5.55. The Kier molecular flexibility index (Phi) is 2.91. The van der Waals surface area contributed by atoms with E-state index in [1.807, 2.05) is 24.3 Å². The van der Waals surface area contributed by atoms with Crippen molar-refractivity contribution in [2.24, 2.45) is 12.0 Å². The molecule has 0 saturated carbocycles. The molecule has 2 heterocycles. The molecular weight excluding hydrogens is 326 g/mol. The van der Waals surface area contributed by atoms with Gasteiger partial charge in [0.1, 0.15) is 5.69 Å². The lowest BCUT2D eigenvalue weighted by Crippen LogP contribution is -1.85. The van der Waals surface area contributed by atoms with Crippen LogP contribution in [0.5, 0.6) is 5.88 Å². The van der Waals surface area contributed by atoms with Gasteiger partial charge in [-0.1, -0.05) is 15.9 Å². The minimum absolute atomic E-state index is 0.120. The first kappa shape index (κ1) is 12.4. The number of aromatic nitrogens is 2. The van der Waals surface area contributed by atoms with Crippen LogP contribution in [0.15, 0.2) is 27.7 Å². The number of aromatic hydroxyl groups is 1. The maximum Gasteiger partial charge on any atom is 0.217 e. The molecule has 1 aromatic carbocycles. The Morgan fingerprint density at radius 3 is 2.95 bits per heavy atom. The van der Waals surface area contributed by atoms with Crippen molar-refractivity contribution in [2.45, 2.75) is 0 Å². The van der Waals surface area contributed by atoms with Gasteiger partial charge in [-0.3, -0.25) is 9.56 Å². The van der Waals surface area contributed by atoms with Crippen LogP contribution < -0.4 is 0 Å². The normalized spacial score (nSPS) is 15.2. The number of aromatic amines is 1. The zero-order chi connectivity index (χ0) is 13.6. The van der Waals surface area contributed by atoms with Crippen LogP contribution in [0.2, 0.25) is 0 Å². The predicted octanol–water partition coefficient (Wildman–Crippen LogP) is 3.81. The SMILES string of the molecule is Cn1c(O)c(C=C2C=Nc3ccc(Br)cc32)[nH]c1=S. The molecule has 0 spiro atoms. The quantitative estimate of drug-likeness (QED) is 0.778. The van der Waals surface area contributed by atoms with Crippen molar-refractivity contribution in [3.05, 3.63) is 38.7 Å². The molecule has 2 aromatic rings. The van der Waals surface area contributed by atoms with E-state index >= 15 is 0 Å². The van der Waals surface area contributed by atoms with Crippen molar-refractivity contribution < 1.29 is 5.11 Å². The molecule has 4 nitrogen and oxygen atoms in total. The summed E-state index contributed by atoms with van der Waals surface area (Å²) in [4.78, 5) is 7.30. The molecule has 0 fully saturated rings. The van der Waals surface area contributed by atoms with E-state index in [9.17, 15) is 5.11 Å². The average molecular weight is 336 g/mol. The zero-order valence-corrected chi connectivity index (χ0v) is 12.4. The first-order valence-corrected chi connectivity index (χ1v) is 6.80. The van der Waals surface area contributed by atoms with Gasteiger partial charge in [0.15, 0.2) is 4.77 Å². The maximum atomic E-state index is 9.95. The number of nitrogens with zero attached hydrogens (tertiary/aromatic N) is 2. The molecule has 0 amide bonds. The first-order chi connectivity index (χ1) is 9.06. The summed E-state index contributed by atoms with van der Waals surface area (Å²) in [5.74, 6) is 0.120. The highest BCUT2D eigenvalue weighted by Crippen LogP contribution is 2.35. The van der Waals surface area contributed by atoms with Gasteiger partial charge in [0.05, 0.1) is 5.69 Å². The summed E-state index contributed by atoms with van der Waals surface area (Å²) in [5.41, 5.74) is 3.46. The molecule has 6 heteroatoms. The average Bonchev–Trinajstić information content (AvgIpc) is 2.88. The fraction of sp³-hybridized carbons (Fsp3) is 0.0769. The lowest BCUT2D eigenvalue weighted by molar-refractivity contribution is 0.430. The topological polar surface area (TPSA) is 53.3 Å². The molecule has 0 bridgehead atoms. The molecule has 0 aliphatic carbocycles. The number of fused-ring (bicyclic) bond motifs is 1. The van der Waals surface area contributed by atoms with E-state index in [2.05, 4.69) is 25.9 Å². The number of aliphatic imine (C=N–C) groups is 1. The van der Waals surface area contributed by atoms with Crippen LogP contribution in [-0.2, 0) is 7.05 Å². The van der Waals surface area contributed by atoms with E-state index in [4.69, 9.17) is 12.2 Å². The monoisotopic (exact) mass is 335 g/mol. The van der Waals surface area contributed by atoms with E-state index in [0.717, 1.165) is 21.3 Å². The van der Waals surface area contributed by atoms with Crippen molar-refractivity contribution >= 4 is 51.7 Å². The minimum Gasteiger partial charge on any atom is -0.493 e. The van der Waals surface area contributed by atoms with Crippen LogP contribution in [0.1, 0.15) is 11.3 Å². The van der Waals surface area contributed by atoms with E-state index < -0.39 is 0 Å². The largest absolute Gasteiger partial charge is 0.493 e. The van der Waals surface area contributed by atoms with Crippen LogP contribution in [0.4, 0.5) is 5.69 Å². The Bertz CT molecular complexity index is 786. The van der Waals surface area contributed by atoms with Crippen molar-refractivity contribution in [3.8, 4) is 5.88 Å². The van der Waals surface area contributed by atoms with Crippen LogP contribution in [0.25, 0.3) is 11.6 Å². The third-order valence-electron chi connectivity index (χ3n) is 3.02. The van der Waals surface area contributed by atoms with E-state index in [1.165, 1.54) is 4.57 Å². The van der Waals surface area contributed by atoms with Gasteiger partial charge in [-0.25, -0.2) is 0 Å². The molecule has 0 saturated heterocycles. The van der Waals surface area contributed by atoms with Crippen LogP contribution >= 0.6 is 28.1 Å². The van der Waals surface area contributed by atoms with Gasteiger partial charge in [0.25, 0.3) is 0 Å². The summed E-state index contributed by atoms with van der Waals surface area (Å²) in [6, 6.07) is 5.90. The molecule has 1 aliphatic rings. The summed E-state index contributed by atoms with van der Waals surface area (Å²) in [5, 5.41) is 9.95.